The van der Waals surface area contributed by atoms with Crippen LogP contribution in [0.2, 0.25) is 0 Å². The van der Waals surface area contributed by atoms with Gasteiger partial charge in [-0.2, -0.15) is 0 Å². The molecule has 7 heteroatoms. The lowest BCUT2D eigenvalue weighted by molar-refractivity contribution is -0.141. The highest BCUT2D eigenvalue weighted by atomic mass is 16.6. The predicted octanol–water partition coefficient (Wildman–Crippen LogP) is 1.12. The first kappa shape index (κ1) is 17.0. The number of hydrogen-bond donors (Lipinski definition) is 3. The van der Waals surface area contributed by atoms with Crippen LogP contribution in [-0.4, -0.2) is 53.6 Å². The molecule has 1 aliphatic carbocycles. The van der Waals surface area contributed by atoms with Crippen LogP contribution in [0, 0.1) is 5.92 Å². The number of alkyl carbamates (subject to hydrolysis) is 1. The smallest absolute Gasteiger partial charge is 0.407 e. The summed E-state index contributed by atoms with van der Waals surface area (Å²) in [4.78, 5) is 23.2. The number of carboxylic acids is 1. The van der Waals surface area contributed by atoms with Crippen molar-refractivity contribution < 1.29 is 24.2 Å². The van der Waals surface area contributed by atoms with E-state index in [1.54, 1.807) is 0 Å². The maximum atomic E-state index is 12.0. The van der Waals surface area contributed by atoms with E-state index < -0.39 is 23.7 Å². The fourth-order valence-electron chi connectivity index (χ4n) is 3.14. The van der Waals surface area contributed by atoms with Crippen LogP contribution < -0.4 is 10.6 Å². The Morgan fingerprint density at radius 2 is 2.05 bits per heavy atom. The molecular weight excluding hydrogens is 288 g/mol. The van der Waals surface area contributed by atoms with Crippen molar-refractivity contribution in [1.29, 1.82) is 0 Å². The minimum absolute atomic E-state index is 0.0339. The van der Waals surface area contributed by atoms with Gasteiger partial charge in [-0.1, -0.05) is 6.92 Å². The molecule has 0 aromatic heterocycles. The molecule has 0 aromatic rings. The van der Waals surface area contributed by atoms with Gasteiger partial charge >= 0.3 is 12.1 Å². The van der Waals surface area contributed by atoms with Gasteiger partial charge in [-0.3, -0.25) is 10.1 Å². The third kappa shape index (κ3) is 3.70. The topological polar surface area (TPSA) is 96.9 Å². The van der Waals surface area contributed by atoms with E-state index in [2.05, 4.69) is 10.6 Å². The van der Waals surface area contributed by atoms with Crippen LogP contribution in [0.5, 0.6) is 0 Å². The van der Waals surface area contributed by atoms with E-state index in [0.717, 1.165) is 6.42 Å². The van der Waals surface area contributed by atoms with E-state index in [1.165, 1.54) is 0 Å². The molecular formula is C15H26N2O5. The molecule has 7 nitrogen and oxygen atoms in total. The molecule has 2 rings (SSSR count). The van der Waals surface area contributed by atoms with Crippen LogP contribution in [0.15, 0.2) is 0 Å². The zero-order valence-electron chi connectivity index (χ0n) is 13.6. The summed E-state index contributed by atoms with van der Waals surface area (Å²) in [5.74, 6) is -0.670. The summed E-state index contributed by atoms with van der Waals surface area (Å²) < 4.78 is 10.9. The lowest BCUT2D eigenvalue weighted by atomic mass is 9.71. The average molecular weight is 314 g/mol. The first-order valence-electron chi connectivity index (χ1n) is 7.83. The fourth-order valence-corrected chi connectivity index (χ4v) is 3.14. The van der Waals surface area contributed by atoms with Gasteiger partial charge in [-0.25, -0.2) is 4.79 Å². The van der Waals surface area contributed by atoms with E-state index >= 15 is 0 Å². The molecule has 1 saturated heterocycles. The van der Waals surface area contributed by atoms with E-state index in [0.29, 0.717) is 13.0 Å². The molecule has 2 aliphatic rings. The summed E-state index contributed by atoms with van der Waals surface area (Å²) in [7, 11) is 0. The maximum Gasteiger partial charge on any atom is 0.407 e. The van der Waals surface area contributed by atoms with Crippen LogP contribution in [0.1, 0.15) is 40.5 Å². The Morgan fingerprint density at radius 3 is 2.59 bits per heavy atom. The lowest BCUT2D eigenvalue weighted by Gasteiger charge is -2.48. The van der Waals surface area contributed by atoms with Crippen LogP contribution in [0.25, 0.3) is 0 Å². The molecule has 5 unspecified atom stereocenters. The number of nitrogens with one attached hydrogen (secondary N) is 2. The van der Waals surface area contributed by atoms with Crippen LogP contribution >= 0.6 is 0 Å². The van der Waals surface area contributed by atoms with E-state index in [-0.39, 0.29) is 24.1 Å². The van der Waals surface area contributed by atoms with E-state index in [1.807, 2.05) is 27.7 Å². The number of carbonyl (C=O) groups excluding carboxylic acids is 1. The molecule has 0 aromatic carbocycles. The van der Waals surface area contributed by atoms with Crippen molar-refractivity contribution in [3.63, 3.8) is 0 Å². The Kier molecular flexibility index (Phi) is 4.97. The molecule has 126 valence electrons. The van der Waals surface area contributed by atoms with Gasteiger partial charge in [0.1, 0.15) is 11.6 Å². The third-order valence-corrected chi connectivity index (χ3v) is 4.17. The first-order chi connectivity index (χ1) is 10.2. The molecule has 0 bridgehead atoms. The minimum atomic E-state index is -0.889. The highest BCUT2D eigenvalue weighted by Gasteiger charge is 2.55. The summed E-state index contributed by atoms with van der Waals surface area (Å²) in [6.07, 6.45) is 0.835. The Labute approximate surface area is 130 Å². The van der Waals surface area contributed by atoms with Gasteiger partial charge in [-0.15, -0.1) is 0 Å². The highest BCUT2D eigenvalue weighted by molar-refractivity contribution is 5.73. The minimum Gasteiger partial charge on any atom is -0.480 e. The summed E-state index contributed by atoms with van der Waals surface area (Å²) in [6, 6.07) is -0.991. The van der Waals surface area contributed by atoms with Crippen molar-refractivity contribution in [3.05, 3.63) is 0 Å². The van der Waals surface area contributed by atoms with Crippen molar-refractivity contribution in [3.8, 4) is 0 Å². The molecule has 5 atom stereocenters. The second kappa shape index (κ2) is 6.42. The maximum absolute atomic E-state index is 12.0. The summed E-state index contributed by atoms with van der Waals surface area (Å²) in [5.41, 5.74) is -0.560. The van der Waals surface area contributed by atoms with E-state index in [4.69, 9.17) is 9.47 Å². The standard InChI is InChI=1S/C15H26N2O5/c1-5-9(13(18)19)16-11-10(8-6-7-21-12(8)11)17-14(20)22-15(2,3)4/h8-12,16H,5-7H2,1-4H3,(H,17,20)(H,18,19). The zero-order chi connectivity index (χ0) is 16.5. The Morgan fingerprint density at radius 1 is 1.36 bits per heavy atom. The van der Waals surface area contributed by atoms with Gasteiger partial charge in [0.2, 0.25) is 0 Å². The Hall–Kier alpha value is -1.34. The molecule has 22 heavy (non-hydrogen) atoms. The molecule has 3 N–H and O–H groups in total. The number of rotatable bonds is 5. The average Bonchev–Trinajstić information content (AvgIpc) is 2.79. The zero-order valence-corrected chi connectivity index (χ0v) is 13.6. The van der Waals surface area contributed by atoms with Crippen molar-refractivity contribution >= 4 is 12.1 Å². The molecule has 0 radical (unpaired) electrons. The molecule has 1 heterocycles. The van der Waals surface area contributed by atoms with Gasteiger partial charge < -0.3 is 19.9 Å². The fraction of sp³-hybridized carbons (Fsp3) is 0.867. The molecule has 1 aliphatic heterocycles. The van der Waals surface area contributed by atoms with Crippen LogP contribution in [0.4, 0.5) is 4.79 Å². The predicted molar refractivity (Wildman–Crippen MR) is 79.6 cm³/mol. The van der Waals surface area contributed by atoms with Crippen LogP contribution in [-0.2, 0) is 14.3 Å². The van der Waals surface area contributed by atoms with Gasteiger partial charge in [0.25, 0.3) is 0 Å². The number of carbonyl (C=O) groups is 2. The number of ether oxygens (including phenoxy) is 2. The monoisotopic (exact) mass is 314 g/mol. The molecule has 0 spiro atoms. The molecule has 2 fully saturated rings. The molecule has 1 saturated carbocycles. The first-order valence-corrected chi connectivity index (χ1v) is 7.83. The quantitative estimate of drug-likeness (QED) is 0.703. The lowest BCUT2D eigenvalue weighted by Crippen LogP contribution is -2.72. The highest BCUT2D eigenvalue weighted by Crippen LogP contribution is 2.39. The second-order valence-corrected chi connectivity index (χ2v) is 6.95. The summed E-state index contributed by atoms with van der Waals surface area (Å²) in [5, 5.41) is 15.2. The van der Waals surface area contributed by atoms with Gasteiger partial charge in [-0.05, 0) is 33.6 Å². The second-order valence-electron chi connectivity index (χ2n) is 6.95. The summed E-state index contributed by atoms with van der Waals surface area (Å²) in [6.45, 7) is 7.88. The number of aliphatic carboxylic acids is 1. The number of carboxylic acid groups (broad SMARTS) is 1. The Bertz CT molecular complexity index is 434. The third-order valence-electron chi connectivity index (χ3n) is 4.17. The molecule has 1 amide bonds. The Balaban J connectivity index is 1.98. The number of hydrogen-bond acceptors (Lipinski definition) is 5. The van der Waals surface area contributed by atoms with Crippen LogP contribution in [0.3, 0.4) is 0 Å². The normalized spacial score (nSPS) is 31.8. The number of amides is 1. The van der Waals surface area contributed by atoms with E-state index in [9.17, 15) is 14.7 Å². The SMILES string of the molecule is CCC(NC1C(NC(=O)OC(C)(C)C)C2CCOC21)C(=O)O. The summed E-state index contributed by atoms with van der Waals surface area (Å²) >= 11 is 0. The van der Waals surface area contributed by atoms with Crippen molar-refractivity contribution in [1.82, 2.24) is 10.6 Å². The van der Waals surface area contributed by atoms with Gasteiger partial charge in [0.05, 0.1) is 18.2 Å². The van der Waals surface area contributed by atoms with Crippen molar-refractivity contribution in [2.45, 2.75) is 70.4 Å². The largest absolute Gasteiger partial charge is 0.480 e. The van der Waals surface area contributed by atoms with Crippen molar-refractivity contribution in [2.24, 2.45) is 5.92 Å². The number of fused-ring (bicyclic) bond motifs is 1. The van der Waals surface area contributed by atoms with Gasteiger partial charge in [0, 0.05) is 12.5 Å². The van der Waals surface area contributed by atoms with Crippen molar-refractivity contribution in [2.75, 3.05) is 6.61 Å². The van der Waals surface area contributed by atoms with Gasteiger partial charge in [0.15, 0.2) is 0 Å².